The van der Waals surface area contributed by atoms with Gasteiger partial charge >= 0.3 is 23.9 Å². The van der Waals surface area contributed by atoms with Gasteiger partial charge in [-0.1, -0.05) is 172 Å². The zero-order valence-electron chi connectivity index (χ0n) is 43.3. The quantitative estimate of drug-likeness (QED) is 0.0241. The predicted octanol–water partition coefficient (Wildman–Crippen LogP) is 17.4. The second kappa shape index (κ2) is 30.9. The lowest BCUT2D eigenvalue weighted by Crippen LogP contribution is -2.11. The van der Waals surface area contributed by atoms with Crippen molar-refractivity contribution in [3.05, 3.63) is 178 Å². The van der Waals surface area contributed by atoms with Gasteiger partial charge in [0.05, 0.1) is 22.3 Å². The lowest BCUT2D eigenvalue weighted by atomic mass is 10.0. The summed E-state index contributed by atoms with van der Waals surface area (Å²) in [4.78, 5) is 51.8. The summed E-state index contributed by atoms with van der Waals surface area (Å²) in [5, 5.41) is 0. The van der Waals surface area contributed by atoms with Crippen LogP contribution < -0.4 is 18.9 Å². The Hall–Kier alpha value is -6.94. The second-order valence-corrected chi connectivity index (χ2v) is 19.1. The molecule has 0 saturated carbocycles. The van der Waals surface area contributed by atoms with Crippen LogP contribution in [0.5, 0.6) is 23.0 Å². The number of carbonyl (C=O) groups excluding carboxylic acids is 4. The molecule has 0 fully saturated rings. The van der Waals surface area contributed by atoms with Gasteiger partial charge in [-0.05, 0) is 133 Å². The Morgan fingerprint density at radius 1 is 0.365 bits per heavy atom. The lowest BCUT2D eigenvalue weighted by Gasteiger charge is -2.11. The fourth-order valence-corrected chi connectivity index (χ4v) is 8.78. The number of aryl methyl sites for hydroxylation is 2. The summed E-state index contributed by atoms with van der Waals surface area (Å²) in [5.41, 5.74) is 3.34. The molecule has 0 radical (unpaired) electrons. The molecular weight excluding hydrogens is 935 g/mol. The summed E-state index contributed by atoms with van der Waals surface area (Å²) >= 11 is 0. The molecule has 0 spiro atoms. The van der Waals surface area contributed by atoms with Crippen LogP contribution >= 0.6 is 0 Å². The van der Waals surface area contributed by atoms with E-state index >= 15 is 8.78 Å². The Morgan fingerprint density at radius 2 is 0.716 bits per heavy atom. The third-order valence-corrected chi connectivity index (χ3v) is 13.2. The van der Waals surface area contributed by atoms with E-state index in [0.29, 0.717) is 11.1 Å². The number of unbranched alkanes of at least 4 members (excludes halogenated alkanes) is 18. The number of hydrogen-bond acceptors (Lipinski definition) is 8. The van der Waals surface area contributed by atoms with Crippen LogP contribution in [0, 0.1) is 11.6 Å². The van der Waals surface area contributed by atoms with Crippen molar-refractivity contribution in [1.82, 2.24) is 0 Å². The smallest absolute Gasteiger partial charge is 0.343 e. The SMILES string of the molecule is CCCCCCCCCCCCc1ccc(C(=O)Oc2ccc(C(=O)Oc3ccc(-c4cccc(OC(=O)c5ccc(OC(=O)c6ccc(CCCCCCCCCCCC)cc6)cc5)c4F)cc3F)cc2)cc1. The molecule has 0 amide bonds. The van der Waals surface area contributed by atoms with Gasteiger partial charge in [0.1, 0.15) is 11.5 Å². The lowest BCUT2D eigenvalue weighted by molar-refractivity contribution is 0.0716. The van der Waals surface area contributed by atoms with E-state index in [9.17, 15) is 19.2 Å². The first-order chi connectivity index (χ1) is 36.1. The highest BCUT2D eigenvalue weighted by atomic mass is 19.1. The van der Waals surface area contributed by atoms with E-state index in [1.54, 1.807) is 24.3 Å². The van der Waals surface area contributed by atoms with Crippen LogP contribution in [0.4, 0.5) is 8.78 Å². The van der Waals surface area contributed by atoms with E-state index in [2.05, 4.69) is 13.8 Å². The van der Waals surface area contributed by atoms with Gasteiger partial charge in [0.25, 0.3) is 0 Å². The number of benzene rings is 6. The monoisotopic (exact) mass is 1010 g/mol. The summed E-state index contributed by atoms with van der Waals surface area (Å²) in [7, 11) is 0. The van der Waals surface area contributed by atoms with Crippen molar-refractivity contribution in [1.29, 1.82) is 0 Å². The van der Waals surface area contributed by atoms with Crippen LogP contribution in [0.15, 0.2) is 133 Å². The minimum atomic E-state index is -0.935. The summed E-state index contributed by atoms with van der Waals surface area (Å²) in [6.07, 6.45) is 27.5. The molecular formula is C64H72F2O8. The van der Waals surface area contributed by atoms with Crippen molar-refractivity contribution in [3.63, 3.8) is 0 Å². The molecule has 0 aliphatic rings. The Bertz CT molecular complexity index is 2680. The molecule has 390 valence electrons. The summed E-state index contributed by atoms with van der Waals surface area (Å²) in [6.45, 7) is 4.48. The molecule has 6 aromatic carbocycles. The fourth-order valence-electron chi connectivity index (χ4n) is 8.78. The van der Waals surface area contributed by atoms with E-state index < -0.39 is 47.0 Å². The molecule has 0 atom stereocenters. The first kappa shape index (κ1) is 56.4. The van der Waals surface area contributed by atoms with Crippen molar-refractivity contribution in [2.75, 3.05) is 0 Å². The molecule has 0 aliphatic carbocycles. The molecule has 0 aliphatic heterocycles. The van der Waals surface area contributed by atoms with Gasteiger partial charge < -0.3 is 18.9 Å². The number of carbonyl (C=O) groups is 4. The standard InChI is InChI=1S/C64H72F2O8/c1-3-5-7-9-11-13-15-17-19-21-24-47-28-32-49(33-29-47)61(67)71-54-41-36-51(37-42-54)63(69)73-58-45-40-53(46-57(58)65)56-26-23-27-59(60(56)66)74-64(70)52-38-43-55(44-39-52)72-62(68)50-34-30-48(31-35-50)25-22-20-18-16-14-12-10-8-6-4-2/h23,26-46H,3-22,24-25H2,1-2H3. The van der Waals surface area contributed by atoms with Gasteiger partial charge in [0.15, 0.2) is 23.1 Å². The molecule has 0 heterocycles. The summed E-state index contributed by atoms with van der Waals surface area (Å²) < 4.78 is 53.0. The topological polar surface area (TPSA) is 105 Å². The van der Waals surface area contributed by atoms with Crippen molar-refractivity contribution in [2.24, 2.45) is 0 Å². The predicted molar refractivity (Wildman–Crippen MR) is 288 cm³/mol. The third-order valence-electron chi connectivity index (χ3n) is 13.2. The average molecular weight is 1010 g/mol. The maximum atomic E-state index is 15.8. The van der Waals surface area contributed by atoms with Crippen molar-refractivity contribution in [3.8, 4) is 34.1 Å². The maximum absolute atomic E-state index is 15.8. The Morgan fingerprint density at radius 3 is 1.11 bits per heavy atom. The molecule has 74 heavy (non-hydrogen) atoms. The first-order valence-electron chi connectivity index (χ1n) is 27.0. The highest BCUT2D eigenvalue weighted by Gasteiger charge is 2.20. The van der Waals surface area contributed by atoms with Crippen molar-refractivity contribution < 1.29 is 46.9 Å². The largest absolute Gasteiger partial charge is 0.423 e. The van der Waals surface area contributed by atoms with Crippen LogP contribution in [0.25, 0.3) is 11.1 Å². The van der Waals surface area contributed by atoms with Gasteiger partial charge in [0.2, 0.25) is 0 Å². The van der Waals surface area contributed by atoms with Crippen LogP contribution in [-0.2, 0) is 12.8 Å². The Balaban J connectivity index is 0.920. The molecule has 10 heteroatoms. The molecule has 0 saturated heterocycles. The minimum absolute atomic E-state index is 0.0633. The number of esters is 4. The van der Waals surface area contributed by atoms with Gasteiger partial charge in [-0.15, -0.1) is 0 Å². The fraction of sp³-hybridized carbons (Fsp3) is 0.375. The molecule has 0 aromatic heterocycles. The molecule has 8 nitrogen and oxygen atoms in total. The van der Waals surface area contributed by atoms with Crippen LogP contribution in [0.1, 0.15) is 195 Å². The second-order valence-electron chi connectivity index (χ2n) is 19.1. The zero-order chi connectivity index (χ0) is 52.3. The Kier molecular flexibility index (Phi) is 23.6. The molecule has 0 bridgehead atoms. The molecule has 0 unspecified atom stereocenters. The van der Waals surface area contributed by atoms with Gasteiger partial charge in [-0.25, -0.2) is 28.0 Å². The number of rotatable bonds is 31. The summed E-state index contributed by atoms with van der Waals surface area (Å²) in [5.74, 6) is -5.00. The van der Waals surface area contributed by atoms with Gasteiger partial charge in [-0.2, -0.15) is 0 Å². The molecule has 0 N–H and O–H groups in total. The van der Waals surface area contributed by atoms with Gasteiger partial charge in [-0.3, -0.25) is 0 Å². The Labute approximate surface area is 436 Å². The van der Waals surface area contributed by atoms with E-state index in [-0.39, 0.29) is 33.8 Å². The minimum Gasteiger partial charge on any atom is -0.423 e. The van der Waals surface area contributed by atoms with Crippen LogP contribution in [0.3, 0.4) is 0 Å². The van der Waals surface area contributed by atoms with E-state index in [4.69, 9.17) is 18.9 Å². The summed E-state index contributed by atoms with van der Waals surface area (Å²) in [6, 6.07) is 33.9. The molecule has 6 aromatic rings. The maximum Gasteiger partial charge on any atom is 0.343 e. The van der Waals surface area contributed by atoms with E-state index in [1.165, 1.54) is 206 Å². The van der Waals surface area contributed by atoms with Crippen LogP contribution in [0.2, 0.25) is 0 Å². The zero-order valence-corrected chi connectivity index (χ0v) is 43.3. The highest BCUT2D eigenvalue weighted by molar-refractivity contribution is 5.94. The number of hydrogen-bond donors (Lipinski definition) is 0. The van der Waals surface area contributed by atoms with Crippen LogP contribution in [-0.4, -0.2) is 23.9 Å². The number of halogens is 2. The molecule has 6 rings (SSSR count). The van der Waals surface area contributed by atoms with E-state index in [0.717, 1.165) is 31.7 Å². The third kappa shape index (κ3) is 18.5. The van der Waals surface area contributed by atoms with Crippen molar-refractivity contribution >= 4 is 23.9 Å². The highest BCUT2D eigenvalue weighted by Crippen LogP contribution is 2.33. The first-order valence-corrected chi connectivity index (χ1v) is 27.0. The van der Waals surface area contributed by atoms with Crippen molar-refractivity contribution in [2.45, 2.75) is 155 Å². The van der Waals surface area contributed by atoms with E-state index in [1.807, 2.05) is 24.3 Å². The normalized spacial score (nSPS) is 11.0. The average Bonchev–Trinajstić information content (AvgIpc) is 3.41. The number of ether oxygens (including phenoxy) is 4. The van der Waals surface area contributed by atoms with Gasteiger partial charge in [0, 0.05) is 5.56 Å².